The Balaban J connectivity index is 0.984. The Morgan fingerprint density at radius 2 is 1.70 bits per heavy atom. The van der Waals surface area contributed by atoms with E-state index in [9.17, 15) is 25.2 Å². The van der Waals surface area contributed by atoms with Crippen LogP contribution in [0.4, 0.5) is 0 Å². The Labute approximate surface area is 279 Å². The van der Waals surface area contributed by atoms with Gasteiger partial charge in [-0.25, -0.2) is 0 Å². The largest absolute Gasteiger partial charge is 0.490 e. The fourth-order valence-electron chi connectivity index (χ4n) is 7.14. The summed E-state index contributed by atoms with van der Waals surface area (Å²) < 4.78 is 11.3. The number of aromatic nitrogens is 1. The smallest absolute Gasteiger partial charge is 0.252 e. The maximum Gasteiger partial charge on any atom is 0.252 e. The van der Waals surface area contributed by atoms with Gasteiger partial charge in [-0.15, -0.1) is 0 Å². The maximum atomic E-state index is 12.6. The lowest BCUT2D eigenvalue weighted by atomic mass is 9.84. The second kappa shape index (κ2) is 13.1. The third kappa shape index (κ3) is 6.80. The van der Waals surface area contributed by atoms with Gasteiger partial charge in [0.15, 0.2) is 12.4 Å². The van der Waals surface area contributed by atoms with E-state index in [4.69, 9.17) is 21.1 Å². The van der Waals surface area contributed by atoms with Crippen molar-refractivity contribution in [3.05, 3.63) is 82.6 Å². The maximum absolute atomic E-state index is 12.6. The van der Waals surface area contributed by atoms with E-state index in [0.717, 1.165) is 79.7 Å². The number of carbonyl (C=O) groups excluding carboxylic acids is 1. The van der Waals surface area contributed by atoms with Crippen LogP contribution in [-0.4, -0.2) is 74.7 Å². The van der Waals surface area contributed by atoms with Gasteiger partial charge in [-0.05, 0) is 115 Å². The van der Waals surface area contributed by atoms with Crippen molar-refractivity contribution < 1.29 is 34.7 Å². The molecule has 1 saturated heterocycles. The van der Waals surface area contributed by atoms with Gasteiger partial charge in [-0.3, -0.25) is 9.78 Å². The van der Waals surface area contributed by atoms with Crippen molar-refractivity contribution in [2.45, 2.75) is 112 Å². The van der Waals surface area contributed by atoms with Crippen molar-refractivity contribution in [1.29, 1.82) is 0 Å². The predicted octanol–water partition coefficient (Wildman–Crippen LogP) is 4.34. The number of benzene rings is 2. The number of hydrogen-bond acceptors (Lipinski definition) is 8. The first kappa shape index (κ1) is 32.5. The molecule has 250 valence electrons. The molecule has 4 fully saturated rings. The Morgan fingerprint density at radius 3 is 2.45 bits per heavy atom. The van der Waals surface area contributed by atoms with E-state index < -0.39 is 36.6 Å². The number of rotatable bonds is 13. The molecule has 5 atom stereocenters. The topological polar surface area (TPSA) is 141 Å². The summed E-state index contributed by atoms with van der Waals surface area (Å²) in [7, 11) is 0. The molecule has 3 aromatic rings. The molecule has 2 aromatic carbocycles. The molecule has 5 N–H and O–H groups in total. The first-order chi connectivity index (χ1) is 22.7. The predicted molar refractivity (Wildman–Crippen MR) is 176 cm³/mol. The molecule has 1 amide bonds. The van der Waals surface area contributed by atoms with Crippen molar-refractivity contribution in [2.75, 3.05) is 6.54 Å². The molecular formula is C37H43ClN2O7. The molecule has 3 saturated carbocycles. The number of pyridine rings is 1. The number of aliphatic hydroxyl groups excluding tert-OH is 4. The molecule has 3 aliphatic carbocycles. The SMILES string of the molecule is O=C(NCCCC1(c2ccc(Cl)c(CCC3(c4cnccc4-c4ccccc4OC4CC4)CC3)c2)CC1)[C@H]1OC(O)[C@H](O)[C@@H](O)[C@@H]1O. The first-order valence-corrected chi connectivity index (χ1v) is 17.2. The van der Waals surface area contributed by atoms with Crippen LogP contribution < -0.4 is 10.1 Å². The van der Waals surface area contributed by atoms with Gasteiger partial charge in [0.2, 0.25) is 0 Å². The van der Waals surface area contributed by atoms with E-state index in [-0.39, 0.29) is 10.8 Å². The van der Waals surface area contributed by atoms with Crippen LogP contribution in [0, 0.1) is 0 Å². The number of hydrogen-bond donors (Lipinski definition) is 5. The normalized spacial score (nSPS) is 27.2. The van der Waals surface area contributed by atoms with E-state index in [1.165, 1.54) is 16.7 Å². The van der Waals surface area contributed by atoms with Gasteiger partial charge in [0.1, 0.15) is 24.1 Å². The molecular weight excluding hydrogens is 620 g/mol. The van der Waals surface area contributed by atoms with Gasteiger partial charge in [0, 0.05) is 29.5 Å². The van der Waals surface area contributed by atoms with Crippen molar-refractivity contribution in [1.82, 2.24) is 10.3 Å². The summed E-state index contributed by atoms with van der Waals surface area (Å²) >= 11 is 6.78. The molecule has 10 heteroatoms. The number of ether oxygens (including phenoxy) is 2. The number of aliphatic hydroxyl groups is 4. The number of para-hydroxylation sites is 1. The van der Waals surface area contributed by atoms with Crippen LogP contribution in [0.15, 0.2) is 60.9 Å². The standard InChI is InChI=1S/C37H43ClN2O7/c38-28-9-6-23(36(14-15-36)12-3-18-40-34(44)33-31(42)30(41)32(43)35(45)47-33)20-22(28)10-13-37(16-17-37)27-21-39-19-11-25(27)26-4-1-2-5-29(26)46-24-7-8-24/h1-2,4-6,9,11,19-21,24,30-33,35,41-43,45H,3,7-8,10,12-18H2,(H,40,44)/t30-,31-,32+,33-,35?/m0/s1. The summed E-state index contributed by atoms with van der Waals surface area (Å²) in [5.41, 5.74) is 6.14. The van der Waals surface area contributed by atoms with E-state index >= 15 is 0 Å². The summed E-state index contributed by atoms with van der Waals surface area (Å²) in [4.78, 5) is 17.1. The van der Waals surface area contributed by atoms with Crippen molar-refractivity contribution in [3.63, 3.8) is 0 Å². The number of amides is 1. The van der Waals surface area contributed by atoms with Crippen molar-refractivity contribution in [3.8, 4) is 16.9 Å². The highest BCUT2D eigenvalue weighted by Gasteiger charge is 2.48. The minimum absolute atomic E-state index is 0.0421. The minimum atomic E-state index is -1.75. The van der Waals surface area contributed by atoms with Crippen LogP contribution in [0.5, 0.6) is 5.75 Å². The fourth-order valence-corrected chi connectivity index (χ4v) is 7.35. The van der Waals surface area contributed by atoms with Crippen LogP contribution in [0.25, 0.3) is 11.1 Å². The minimum Gasteiger partial charge on any atom is -0.490 e. The average molecular weight is 663 g/mol. The Kier molecular flexibility index (Phi) is 9.06. The van der Waals surface area contributed by atoms with Crippen LogP contribution in [0.1, 0.15) is 74.5 Å². The molecule has 0 bridgehead atoms. The van der Waals surface area contributed by atoms with Gasteiger partial charge in [-0.1, -0.05) is 41.9 Å². The molecule has 2 heterocycles. The Morgan fingerprint density at radius 1 is 0.936 bits per heavy atom. The molecule has 1 aliphatic heterocycles. The molecule has 1 unspecified atom stereocenters. The zero-order chi connectivity index (χ0) is 32.8. The van der Waals surface area contributed by atoms with E-state index in [2.05, 4.69) is 46.7 Å². The first-order valence-electron chi connectivity index (χ1n) is 16.8. The third-order valence-corrected chi connectivity index (χ3v) is 11.0. The monoisotopic (exact) mass is 662 g/mol. The van der Waals surface area contributed by atoms with Gasteiger partial charge < -0.3 is 35.2 Å². The molecule has 0 radical (unpaired) electrons. The summed E-state index contributed by atoms with van der Waals surface area (Å²) in [6.45, 7) is 0.354. The second-order valence-electron chi connectivity index (χ2n) is 13.9. The van der Waals surface area contributed by atoms with Gasteiger partial charge in [0.25, 0.3) is 5.91 Å². The number of carbonyl (C=O) groups is 1. The molecule has 1 aromatic heterocycles. The lowest BCUT2D eigenvalue weighted by Crippen LogP contribution is -2.61. The lowest BCUT2D eigenvalue weighted by Gasteiger charge is -2.37. The second-order valence-corrected chi connectivity index (χ2v) is 14.3. The van der Waals surface area contributed by atoms with Crippen LogP contribution in [-0.2, 0) is 26.8 Å². The quantitative estimate of drug-likeness (QED) is 0.170. The number of aryl methyl sites for hydroxylation is 1. The van der Waals surface area contributed by atoms with Crippen LogP contribution in [0.3, 0.4) is 0 Å². The molecule has 9 nitrogen and oxygen atoms in total. The van der Waals surface area contributed by atoms with E-state index in [0.29, 0.717) is 19.1 Å². The summed E-state index contributed by atoms with van der Waals surface area (Å²) in [6, 6.07) is 16.9. The average Bonchev–Trinajstić information content (AvgIpc) is 3.95. The Hall–Kier alpha value is -3.05. The summed E-state index contributed by atoms with van der Waals surface area (Å²) in [5, 5.41) is 42.9. The summed E-state index contributed by atoms with van der Waals surface area (Å²) in [6.07, 6.45) is 6.07. The highest BCUT2D eigenvalue weighted by atomic mass is 35.5. The van der Waals surface area contributed by atoms with E-state index in [1.807, 2.05) is 24.5 Å². The lowest BCUT2D eigenvalue weighted by molar-refractivity contribution is -0.275. The third-order valence-electron chi connectivity index (χ3n) is 10.6. The number of halogens is 1. The zero-order valence-electron chi connectivity index (χ0n) is 26.4. The zero-order valence-corrected chi connectivity index (χ0v) is 27.1. The fraction of sp³-hybridized carbons (Fsp3) is 0.514. The van der Waals surface area contributed by atoms with E-state index in [1.54, 1.807) is 0 Å². The van der Waals surface area contributed by atoms with Crippen LogP contribution in [0.2, 0.25) is 5.02 Å². The molecule has 4 aliphatic rings. The molecule has 0 spiro atoms. The van der Waals surface area contributed by atoms with Crippen molar-refractivity contribution >= 4 is 17.5 Å². The highest BCUT2D eigenvalue weighted by molar-refractivity contribution is 6.31. The summed E-state index contributed by atoms with van der Waals surface area (Å²) in [5.74, 6) is 0.312. The molecule has 47 heavy (non-hydrogen) atoms. The van der Waals surface area contributed by atoms with Gasteiger partial charge >= 0.3 is 0 Å². The molecule has 7 rings (SSSR count). The van der Waals surface area contributed by atoms with Gasteiger partial charge in [0.05, 0.1) is 6.10 Å². The van der Waals surface area contributed by atoms with Crippen molar-refractivity contribution in [2.24, 2.45) is 0 Å². The van der Waals surface area contributed by atoms with Crippen LogP contribution >= 0.6 is 11.6 Å². The number of nitrogens with zero attached hydrogens (tertiary/aromatic N) is 1. The highest BCUT2D eigenvalue weighted by Crippen LogP contribution is 2.56. The Bertz CT molecular complexity index is 1610. The number of nitrogens with one attached hydrogen (secondary N) is 1. The van der Waals surface area contributed by atoms with Gasteiger partial charge in [-0.2, -0.15) is 0 Å².